The van der Waals surface area contributed by atoms with Crippen molar-refractivity contribution in [1.82, 2.24) is 10.3 Å². The molecule has 0 aliphatic rings. The number of rotatable bonds is 7. The predicted octanol–water partition coefficient (Wildman–Crippen LogP) is 12.3. The quantitative estimate of drug-likeness (QED) is 0.0514. The Labute approximate surface area is 366 Å². The number of azide groups is 3. The van der Waals surface area contributed by atoms with Gasteiger partial charge in [0.05, 0.1) is 11.1 Å². The molecular formula is C38H43Cl2N13O8S. The molecule has 5 rings (SSSR count). The van der Waals surface area contributed by atoms with E-state index in [0.29, 0.717) is 40.0 Å². The first-order valence-corrected chi connectivity index (χ1v) is 20.3. The molecule has 0 aliphatic heterocycles. The Hall–Kier alpha value is -7.05. The fraction of sp³-hybridized carbons (Fsp3) is 0.289. The number of hydrogen-bond donors (Lipinski definition) is 4. The Morgan fingerprint density at radius 2 is 1.00 bits per heavy atom. The van der Waals surface area contributed by atoms with E-state index in [1.807, 2.05) is 41.5 Å². The topological polar surface area (TPSA) is 345 Å². The van der Waals surface area contributed by atoms with E-state index in [1.165, 1.54) is 30.3 Å². The average Bonchev–Trinajstić information content (AvgIpc) is 3.85. The third kappa shape index (κ3) is 18.9. The molecule has 0 saturated carbocycles. The number of carbonyl (C=O) groups is 3. The smallest absolute Gasteiger partial charge is 0.335 e. The van der Waals surface area contributed by atoms with Crippen LogP contribution in [0, 0.1) is 20.8 Å². The van der Waals surface area contributed by atoms with E-state index in [1.54, 1.807) is 57.2 Å². The number of carboxylic acids is 2. The van der Waals surface area contributed by atoms with Gasteiger partial charge < -0.3 is 30.3 Å². The Bertz CT molecular complexity index is 2450. The Kier molecular flexibility index (Phi) is 21.3. The van der Waals surface area contributed by atoms with Gasteiger partial charge in [-0.05, 0) is 90.5 Å². The van der Waals surface area contributed by atoms with Gasteiger partial charge in [0.15, 0.2) is 11.6 Å². The number of halogens is 2. The summed E-state index contributed by atoms with van der Waals surface area (Å²) >= 11 is 0. The summed E-state index contributed by atoms with van der Waals surface area (Å²) in [6, 6.07) is 17.2. The number of amides is 1. The number of carbonyl (C=O) groups excluding carboxylic acids is 1. The van der Waals surface area contributed by atoms with Crippen molar-refractivity contribution in [2.75, 3.05) is 11.1 Å². The van der Waals surface area contributed by atoms with E-state index in [9.17, 15) is 14.4 Å². The second-order valence-corrected chi connectivity index (χ2v) is 17.0. The van der Waals surface area contributed by atoms with Gasteiger partial charge in [-0.3, -0.25) is 4.79 Å². The third-order valence-electron chi connectivity index (χ3n) is 7.60. The van der Waals surface area contributed by atoms with Crippen molar-refractivity contribution >= 4 is 77.1 Å². The zero-order valence-electron chi connectivity index (χ0n) is 34.9. The van der Waals surface area contributed by atoms with Gasteiger partial charge >= 0.3 is 11.9 Å². The number of nitrogen functional groups attached to an aromatic ring is 1. The van der Waals surface area contributed by atoms with Crippen LogP contribution in [0.4, 0.5) is 28.7 Å². The maximum Gasteiger partial charge on any atom is 0.335 e. The van der Waals surface area contributed by atoms with E-state index in [0.717, 1.165) is 22.5 Å². The zero-order chi connectivity index (χ0) is 47.4. The molecule has 21 nitrogen and oxygen atoms in total. The molecule has 2 heterocycles. The van der Waals surface area contributed by atoms with Crippen LogP contribution < -0.4 is 11.1 Å². The second kappa shape index (κ2) is 24.9. The van der Waals surface area contributed by atoms with Crippen molar-refractivity contribution in [2.45, 2.75) is 73.1 Å². The lowest BCUT2D eigenvalue weighted by molar-refractivity contribution is 0.0686. The van der Waals surface area contributed by atoms with Crippen LogP contribution in [0.1, 0.15) is 101 Å². The van der Waals surface area contributed by atoms with E-state index in [2.05, 4.69) is 67.1 Å². The average molecular weight is 913 g/mol. The van der Waals surface area contributed by atoms with E-state index >= 15 is 0 Å². The zero-order valence-corrected chi connectivity index (χ0v) is 37.2. The molecule has 0 atom stereocenters. The Morgan fingerprint density at radius 1 is 0.661 bits per heavy atom. The van der Waals surface area contributed by atoms with Gasteiger partial charge in [0.25, 0.3) is 5.91 Å². The van der Waals surface area contributed by atoms with Gasteiger partial charge in [-0.15, -0.1) is 0 Å². The molecular weight excluding hydrogens is 869 g/mol. The fourth-order valence-electron chi connectivity index (χ4n) is 4.22. The van der Waals surface area contributed by atoms with Gasteiger partial charge in [-0.1, -0.05) is 85.4 Å². The Balaban J connectivity index is 0.000000418. The molecule has 0 spiro atoms. The summed E-state index contributed by atoms with van der Waals surface area (Å²) in [5, 5.41) is 37.6. The standard InChI is InChI=1S/C15H17N5O2.2C8H7N3O2.C7H12N2O.Cl2OS/c1-9-5-6-10(7-11(9)18-20-16)14(21)17-13-8-12(22-19-13)15(2,3)4;2*1-5-2-3-6(8(12)13)4-7(5)10-11-9;1-7(2,3)5-4-6(8)9-10-5;1-4(2)3/h5-8H,1-4H3,(H,17,19,21);2*2-4H,1H3,(H,12,13);4H,1-3H3,(H2,8,9);. The summed E-state index contributed by atoms with van der Waals surface area (Å²) in [6.45, 7) is 17.4. The first kappa shape index (κ1) is 53.0. The number of nitrogens with one attached hydrogen (secondary N) is 1. The van der Waals surface area contributed by atoms with Crippen LogP contribution in [0.3, 0.4) is 0 Å². The van der Waals surface area contributed by atoms with Gasteiger partial charge in [-0.25, -0.2) is 13.8 Å². The van der Waals surface area contributed by atoms with Crippen LogP contribution in [0.25, 0.3) is 31.3 Å². The summed E-state index contributed by atoms with van der Waals surface area (Å²) in [4.78, 5) is 41.2. The lowest BCUT2D eigenvalue weighted by Crippen LogP contribution is -2.12. The fourth-order valence-corrected chi connectivity index (χ4v) is 4.22. The number of nitrogens with two attached hydrogens (primary N) is 1. The molecule has 328 valence electrons. The minimum Gasteiger partial charge on any atom is -0.478 e. The van der Waals surface area contributed by atoms with Crippen molar-refractivity contribution in [1.29, 1.82) is 0 Å². The maximum absolute atomic E-state index is 12.2. The number of benzene rings is 3. The molecule has 24 heteroatoms. The largest absolute Gasteiger partial charge is 0.478 e. The third-order valence-corrected chi connectivity index (χ3v) is 7.60. The highest BCUT2D eigenvalue weighted by Crippen LogP contribution is 2.26. The number of aryl methyl sites for hydroxylation is 3. The minimum atomic E-state index is -1.67. The Morgan fingerprint density at radius 3 is 1.29 bits per heavy atom. The molecule has 0 radical (unpaired) electrons. The summed E-state index contributed by atoms with van der Waals surface area (Å²) in [6.07, 6.45) is 0. The van der Waals surface area contributed by atoms with Crippen LogP contribution in [-0.4, -0.2) is 42.6 Å². The second-order valence-electron chi connectivity index (χ2n) is 14.5. The van der Waals surface area contributed by atoms with E-state index in [-0.39, 0.29) is 27.9 Å². The highest BCUT2D eigenvalue weighted by atomic mass is 36.0. The molecule has 0 aliphatic carbocycles. The van der Waals surface area contributed by atoms with Crippen molar-refractivity contribution < 1.29 is 37.9 Å². The maximum atomic E-state index is 12.2. The molecule has 5 aromatic rings. The number of aromatic carboxylic acids is 2. The molecule has 0 fully saturated rings. The van der Waals surface area contributed by atoms with E-state index < -0.39 is 21.2 Å². The number of hydrogen-bond acceptors (Lipinski definition) is 12. The minimum absolute atomic E-state index is 0.00458. The van der Waals surface area contributed by atoms with Crippen molar-refractivity contribution in [2.24, 2.45) is 15.3 Å². The first-order chi connectivity index (χ1) is 28.8. The lowest BCUT2D eigenvalue weighted by atomic mass is 9.93. The molecule has 0 saturated heterocycles. The SMILES string of the molecule is CC(C)(C)c1cc(N)no1.Cc1ccc(C(=O)Nc2cc(C(C)(C)C)on2)cc1N=[N+]=[N-].Cc1ccc(C(=O)O)cc1N=[N+]=[N-].Cc1ccc(C(=O)O)cc1N=[N+]=[N-].O=S(Cl)Cl. The number of aromatic nitrogens is 2. The molecule has 3 aromatic carbocycles. The summed E-state index contributed by atoms with van der Waals surface area (Å²) in [5.74, 6) is -0.107. The molecule has 0 bridgehead atoms. The molecule has 5 N–H and O–H groups in total. The first-order valence-electron chi connectivity index (χ1n) is 17.5. The summed E-state index contributed by atoms with van der Waals surface area (Å²) in [7, 11) is 7.36. The summed E-state index contributed by atoms with van der Waals surface area (Å²) < 4.78 is 19.3. The van der Waals surface area contributed by atoms with Gasteiger partial charge in [0.2, 0.25) is 9.23 Å². The number of anilines is 2. The van der Waals surface area contributed by atoms with Crippen molar-refractivity contribution in [3.8, 4) is 0 Å². The number of nitrogens with zero attached hydrogens (tertiary/aromatic N) is 11. The van der Waals surface area contributed by atoms with Crippen LogP contribution in [0.2, 0.25) is 0 Å². The van der Waals surface area contributed by atoms with Crippen LogP contribution in [-0.2, 0) is 20.1 Å². The number of carboxylic acid groups (broad SMARTS) is 2. The monoisotopic (exact) mass is 911 g/mol. The van der Waals surface area contributed by atoms with E-state index in [4.69, 9.17) is 45.8 Å². The molecule has 2 aromatic heterocycles. The van der Waals surface area contributed by atoms with Gasteiger partial charge in [-0.2, -0.15) is 0 Å². The predicted molar refractivity (Wildman–Crippen MR) is 236 cm³/mol. The normalized spacial score (nSPS) is 10.1. The molecule has 0 unspecified atom stereocenters. The van der Waals surface area contributed by atoms with Crippen molar-refractivity contribution in [3.05, 3.63) is 143 Å². The highest BCUT2D eigenvalue weighted by molar-refractivity contribution is 8.26. The van der Waals surface area contributed by atoms with Gasteiger partial charge in [0.1, 0.15) is 11.5 Å². The van der Waals surface area contributed by atoms with Crippen LogP contribution >= 0.6 is 21.4 Å². The lowest BCUT2D eigenvalue weighted by Gasteiger charge is -2.12. The summed E-state index contributed by atoms with van der Waals surface area (Å²) in [5.41, 5.74) is 34.1. The van der Waals surface area contributed by atoms with Crippen LogP contribution in [0.15, 0.2) is 91.1 Å². The molecule has 1 amide bonds. The highest BCUT2D eigenvalue weighted by Gasteiger charge is 2.21. The van der Waals surface area contributed by atoms with Crippen LogP contribution in [0.5, 0.6) is 0 Å². The molecule has 62 heavy (non-hydrogen) atoms. The van der Waals surface area contributed by atoms with Crippen molar-refractivity contribution in [3.63, 3.8) is 0 Å². The van der Waals surface area contributed by atoms with Gasteiger partial charge in [0, 0.05) is 81.7 Å².